The molecule has 0 saturated carbocycles. The van der Waals surface area contributed by atoms with E-state index in [-0.39, 0.29) is 11.9 Å². The maximum atomic E-state index is 13.2. The Hall–Kier alpha value is -2.10. The highest BCUT2D eigenvalue weighted by Gasteiger charge is 2.13. The zero-order valence-electron chi connectivity index (χ0n) is 12.2. The van der Waals surface area contributed by atoms with E-state index in [0.717, 1.165) is 30.2 Å². The van der Waals surface area contributed by atoms with Gasteiger partial charge < -0.3 is 10.2 Å². The van der Waals surface area contributed by atoms with E-state index in [9.17, 15) is 4.39 Å². The molecule has 1 fully saturated rings. The molecule has 21 heavy (non-hydrogen) atoms. The monoisotopic (exact) mass is 285 g/mol. The molecular weight excluding hydrogens is 265 g/mol. The van der Waals surface area contributed by atoms with Gasteiger partial charge in [-0.25, -0.2) is 9.37 Å². The fourth-order valence-corrected chi connectivity index (χ4v) is 2.71. The van der Waals surface area contributed by atoms with Gasteiger partial charge in [0.25, 0.3) is 0 Å². The lowest BCUT2D eigenvalue weighted by Gasteiger charge is -2.18. The Morgan fingerprint density at radius 1 is 1.19 bits per heavy atom. The van der Waals surface area contributed by atoms with Gasteiger partial charge in [-0.1, -0.05) is 12.1 Å². The standard InChI is InChI=1S/C17H20FN3/c1-13(14-5-4-6-15(18)11-14)20-16-7-8-17(19-12-16)21-9-2-3-10-21/h4-8,11-13,20H,2-3,9-10H2,1H3. The van der Waals surface area contributed by atoms with Gasteiger partial charge in [0.2, 0.25) is 0 Å². The third kappa shape index (κ3) is 3.32. The topological polar surface area (TPSA) is 28.2 Å². The van der Waals surface area contributed by atoms with Crippen LogP contribution in [0.5, 0.6) is 0 Å². The van der Waals surface area contributed by atoms with Gasteiger partial charge in [-0.15, -0.1) is 0 Å². The summed E-state index contributed by atoms with van der Waals surface area (Å²) in [4.78, 5) is 6.82. The van der Waals surface area contributed by atoms with Gasteiger partial charge >= 0.3 is 0 Å². The predicted octanol–water partition coefficient (Wildman–Crippen LogP) is 3.99. The molecule has 0 aliphatic carbocycles. The second-order valence-corrected chi connectivity index (χ2v) is 5.52. The Morgan fingerprint density at radius 3 is 2.67 bits per heavy atom. The second kappa shape index (κ2) is 6.12. The zero-order valence-corrected chi connectivity index (χ0v) is 12.2. The quantitative estimate of drug-likeness (QED) is 0.920. The minimum absolute atomic E-state index is 0.0418. The summed E-state index contributed by atoms with van der Waals surface area (Å²) in [6.45, 7) is 4.21. The molecule has 1 saturated heterocycles. The van der Waals surface area contributed by atoms with Crippen LogP contribution in [0.2, 0.25) is 0 Å². The van der Waals surface area contributed by atoms with Crippen LogP contribution in [-0.4, -0.2) is 18.1 Å². The third-order valence-corrected chi connectivity index (χ3v) is 3.91. The summed E-state index contributed by atoms with van der Waals surface area (Å²) < 4.78 is 13.2. The number of anilines is 2. The molecule has 1 atom stereocenters. The van der Waals surface area contributed by atoms with Crippen molar-refractivity contribution in [1.82, 2.24) is 4.98 Å². The first-order valence-electron chi connectivity index (χ1n) is 7.45. The molecular formula is C17H20FN3. The average molecular weight is 285 g/mol. The van der Waals surface area contributed by atoms with Crippen LogP contribution in [0, 0.1) is 5.82 Å². The summed E-state index contributed by atoms with van der Waals surface area (Å²) >= 11 is 0. The summed E-state index contributed by atoms with van der Waals surface area (Å²) in [5.74, 6) is 0.833. The van der Waals surface area contributed by atoms with E-state index in [0.29, 0.717) is 0 Å². The van der Waals surface area contributed by atoms with E-state index in [1.54, 1.807) is 12.1 Å². The van der Waals surface area contributed by atoms with Crippen LogP contribution in [0.3, 0.4) is 0 Å². The van der Waals surface area contributed by atoms with Crippen LogP contribution >= 0.6 is 0 Å². The number of benzene rings is 1. The van der Waals surface area contributed by atoms with E-state index >= 15 is 0 Å². The molecule has 1 aliphatic rings. The van der Waals surface area contributed by atoms with E-state index < -0.39 is 0 Å². The lowest BCUT2D eigenvalue weighted by Crippen LogP contribution is -2.18. The molecule has 1 aromatic heterocycles. The van der Waals surface area contributed by atoms with Gasteiger partial charge in [-0.2, -0.15) is 0 Å². The average Bonchev–Trinajstić information content (AvgIpc) is 3.02. The first kappa shape index (κ1) is 13.9. The number of hydrogen-bond acceptors (Lipinski definition) is 3. The van der Waals surface area contributed by atoms with Crippen LogP contribution in [0.4, 0.5) is 15.9 Å². The molecule has 0 radical (unpaired) electrons. The van der Waals surface area contributed by atoms with Crippen LogP contribution in [0.15, 0.2) is 42.6 Å². The van der Waals surface area contributed by atoms with Gasteiger partial charge in [-0.05, 0) is 49.6 Å². The smallest absolute Gasteiger partial charge is 0.128 e. The van der Waals surface area contributed by atoms with Gasteiger partial charge in [0.15, 0.2) is 0 Å². The molecule has 1 aliphatic heterocycles. The van der Waals surface area contributed by atoms with Crippen molar-refractivity contribution in [2.24, 2.45) is 0 Å². The maximum Gasteiger partial charge on any atom is 0.128 e. The summed E-state index contributed by atoms with van der Waals surface area (Å²) in [6.07, 6.45) is 4.35. The molecule has 3 nitrogen and oxygen atoms in total. The fourth-order valence-electron chi connectivity index (χ4n) is 2.71. The van der Waals surface area contributed by atoms with Crippen molar-refractivity contribution in [3.05, 3.63) is 54.0 Å². The Labute approximate surface area is 124 Å². The normalized spacial score (nSPS) is 16.0. The summed E-state index contributed by atoms with van der Waals surface area (Å²) in [5, 5.41) is 3.36. The number of halogens is 1. The molecule has 0 spiro atoms. The number of rotatable bonds is 4. The van der Waals surface area contributed by atoms with Gasteiger partial charge in [0, 0.05) is 19.1 Å². The first-order valence-corrected chi connectivity index (χ1v) is 7.45. The van der Waals surface area contributed by atoms with Gasteiger partial charge in [-0.3, -0.25) is 0 Å². The molecule has 110 valence electrons. The number of nitrogens with one attached hydrogen (secondary N) is 1. The lowest BCUT2D eigenvalue weighted by molar-refractivity contribution is 0.623. The van der Waals surface area contributed by atoms with Crippen LogP contribution in [-0.2, 0) is 0 Å². The second-order valence-electron chi connectivity index (χ2n) is 5.52. The van der Waals surface area contributed by atoms with Crippen molar-refractivity contribution < 1.29 is 4.39 Å². The zero-order chi connectivity index (χ0) is 14.7. The largest absolute Gasteiger partial charge is 0.377 e. The van der Waals surface area contributed by atoms with E-state index in [2.05, 4.69) is 15.2 Å². The Bertz CT molecular complexity index is 591. The SMILES string of the molecule is CC(Nc1ccc(N2CCCC2)nc1)c1cccc(F)c1. The molecule has 2 heterocycles. The number of hydrogen-bond donors (Lipinski definition) is 1. The number of pyridine rings is 1. The molecule has 1 unspecified atom stereocenters. The first-order chi connectivity index (χ1) is 10.2. The van der Waals surface area contributed by atoms with E-state index in [1.807, 2.05) is 31.3 Å². The Morgan fingerprint density at radius 2 is 2.00 bits per heavy atom. The van der Waals surface area contributed by atoms with Crippen molar-refractivity contribution in [2.45, 2.75) is 25.8 Å². The van der Waals surface area contributed by atoms with Crippen molar-refractivity contribution >= 4 is 11.5 Å². The molecule has 0 amide bonds. The lowest BCUT2D eigenvalue weighted by atomic mass is 10.1. The van der Waals surface area contributed by atoms with Crippen molar-refractivity contribution in [2.75, 3.05) is 23.3 Å². The van der Waals surface area contributed by atoms with Crippen molar-refractivity contribution in [3.8, 4) is 0 Å². The molecule has 3 rings (SSSR count). The minimum atomic E-state index is -0.205. The fraction of sp³-hybridized carbons (Fsp3) is 0.353. The molecule has 1 aromatic carbocycles. The summed E-state index contributed by atoms with van der Waals surface area (Å²) in [6, 6.07) is 10.8. The number of nitrogens with zero attached hydrogens (tertiary/aromatic N) is 2. The van der Waals surface area contributed by atoms with Gasteiger partial charge in [0.1, 0.15) is 11.6 Å². The van der Waals surface area contributed by atoms with Gasteiger partial charge in [0.05, 0.1) is 11.9 Å². The van der Waals surface area contributed by atoms with Crippen molar-refractivity contribution in [1.29, 1.82) is 0 Å². The number of aromatic nitrogens is 1. The highest BCUT2D eigenvalue weighted by molar-refractivity contribution is 5.50. The predicted molar refractivity (Wildman–Crippen MR) is 84.1 cm³/mol. The highest BCUT2D eigenvalue weighted by Crippen LogP contribution is 2.22. The Kier molecular flexibility index (Phi) is 4.04. The third-order valence-electron chi connectivity index (χ3n) is 3.91. The molecule has 1 N–H and O–H groups in total. The highest BCUT2D eigenvalue weighted by atomic mass is 19.1. The Balaban J connectivity index is 1.67. The maximum absolute atomic E-state index is 13.2. The van der Waals surface area contributed by atoms with E-state index in [1.165, 1.54) is 18.9 Å². The van der Waals surface area contributed by atoms with Crippen LogP contribution in [0.25, 0.3) is 0 Å². The minimum Gasteiger partial charge on any atom is -0.377 e. The van der Waals surface area contributed by atoms with Crippen LogP contribution in [0.1, 0.15) is 31.4 Å². The molecule has 4 heteroatoms. The van der Waals surface area contributed by atoms with Crippen LogP contribution < -0.4 is 10.2 Å². The molecule has 2 aromatic rings. The summed E-state index contributed by atoms with van der Waals surface area (Å²) in [5.41, 5.74) is 1.88. The summed E-state index contributed by atoms with van der Waals surface area (Å²) in [7, 11) is 0. The molecule has 0 bridgehead atoms. The van der Waals surface area contributed by atoms with Crippen molar-refractivity contribution in [3.63, 3.8) is 0 Å². The van der Waals surface area contributed by atoms with E-state index in [4.69, 9.17) is 0 Å².